The maximum atomic E-state index is 11.9. The Morgan fingerprint density at radius 1 is 1.44 bits per heavy atom. The summed E-state index contributed by atoms with van der Waals surface area (Å²) in [6.07, 6.45) is 0.447. The van der Waals surface area contributed by atoms with Crippen molar-refractivity contribution in [1.29, 1.82) is 5.26 Å². The van der Waals surface area contributed by atoms with Crippen molar-refractivity contribution in [3.63, 3.8) is 0 Å². The van der Waals surface area contributed by atoms with Gasteiger partial charge in [0.15, 0.2) is 5.78 Å². The standard InChI is InChI=1S/C14H16N2O2/c15-10-13-11-18-9-8-16(13)7-6-14(17)12-4-2-1-3-5-12/h1-5,13H,6-9,11H2. The van der Waals surface area contributed by atoms with Crippen LogP contribution < -0.4 is 0 Å². The fraction of sp³-hybridized carbons (Fsp3) is 0.429. The van der Waals surface area contributed by atoms with Crippen molar-refractivity contribution in [3.05, 3.63) is 35.9 Å². The Labute approximate surface area is 107 Å². The average Bonchev–Trinajstić information content (AvgIpc) is 2.46. The highest BCUT2D eigenvalue weighted by Gasteiger charge is 2.22. The molecule has 0 N–H and O–H groups in total. The third kappa shape index (κ3) is 3.16. The molecule has 1 aliphatic rings. The van der Waals surface area contributed by atoms with E-state index in [0.717, 1.165) is 12.1 Å². The molecule has 0 amide bonds. The van der Waals surface area contributed by atoms with Crippen LogP contribution in [-0.2, 0) is 4.74 Å². The number of hydrogen-bond donors (Lipinski definition) is 0. The van der Waals surface area contributed by atoms with E-state index in [4.69, 9.17) is 10.00 Å². The molecule has 0 spiro atoms. The van der Waals surface area contributed by atoms with Crippen molar-refractivity contribution in [2.24, 2.45) is 0 Å². The summed E-state index contributed by atoms with van der Waals surface area (Å²) in [5.74, 6) is 0.124. The Hall–Kier alpha value is -1.70. The fourth-order valence-corrected chi connectivity index (χ4v) is 2.04. The van der Waals surface area contributed by atoms with Crippen LogP contribution >= 0.6 is 0 Å². The Morgan fingerprint density at radius 3 is 2.94 bits per heavy atom. The van der Waals surface area contributed by atoms with Crippen molar-refractivity contribution >= 4 is 5.78 Å². The predicted octanol–water partition coefficient (Wildman–Crippen LogP) is 1.48. The molecule has 1 unspecified atom stereocenters. The van der Waals surface area contributed by atoms with Gasteiger partial charge in [-0.2, -0.15) is 5.26 Å². The monoisotopic (exact) mass is 244 g/mol. The first-order valence-corrected chi connectivity index (χ1v) is 6.11. The minimum atomic E-state index is -0.220. The van der Waals surface area contributed by atoms with Crippen LogP contribution in [0.2, 0.25) is 0 Å². The van der Waals surface area contributed by atoms with Gasteiger partial charge >= 0.3 is 0 Å². The smallest absolute Gasteiger partial charge is 0.164 e. The number of ether oxygens (including phenoxy) is 1. The zero-order chi connectivity index (χ0) is 12.8. The fourth-order valence-electron chi connectivity index (χ4n) is 2.04. The van der Waals surface area contributed by atoms with Crippen LogP contribution in [0.25, 0.3) is 0 Å². The predicted molar refractivity (Wildman–Crippen MR) is 67.2 cm³/mol. The molecule has 1 atom stereocenters. The van der Waals surface area contributed by atoms with Gasteiger partial charge in [0.25, 0.3) is 0 Å². The van der Waals surface area contributed by atoms with Crippen LogP contribution in [0.1, 0.15) is 16.8 Å². The van der Waals surface area contributed by atoms with Crippen LogP contribution in [0, 0.1) is 11.3 Å². The molecular weight excluding hydrogens is 228 g/mol. The van der Waals surface area contributed by atoms with Gasteiger partial charge in [-0.1, -0.05) is 30.3 Å². The topological polar surface area (TPSA) is 53.3 Å². The molecule has 18 heavy (non-hydrogen) atoms. The number of carbonyl (C=O) groups excluding carboxylic acids is 1. The van der Waals surface area contributed by atoms with E-state index in [1.807, 2.05) is 35.2 Å². The van der Waals surface area contributed by atoms with E-state index in [-0.39, 0.29) is 11.8 Å². The first kappa shape index (κ1) is 12.7. The van der Waals surface area contributed by atoms with Crippen LogP contribution in [-0.4, -0.2) is 43.0 Å². The summed E-state index contributed by atoms with van der Waals surface area (Å²) in [5.41, 5.74) is 0.735. The van der Waals surface area contributed by atoms with Gasteiger partial charge in [-0.3, -0.25) is 9.69 Å². The van der Waals surface area contributed by atoms with Crippen LogP contribution in [0.15, 0.2) is 30.3 Å². The maximum Gasteiger partial charge on any atom is 0.164 e. The normalized spacial score (nSPS) is 20.3. The van der Waals surface area contributed by atoms with Gasteiger partial charge in [-0.25, -0.2) is 0 Å². The lowest BCUT2D eigenvalue weighted by Gasteiger charge is -2.30. The number of hydrogen-bond acceptors (Lipinski definition) is 4. The molecule has 1 aromatic carbocycles. The van der Waals surface area contributed by atoms with Crippen molar-refractivity contribution in [3.8, 4) is 6.07 Å². The van der Waals surface area contributed by atoms with Crippen LogP contribution in [0.3, 0.4) is 0 Å². The lowest BCUT2D eigenvalue weighted by molar-refractivity contribution is 0.0127. The third-order valence-corrected chi connectivity index (χ3v) is 3.11. The van der Waals surface area contributed by atoms with E-state index >= 15 is 0 Å². The average molecular weight is 244 g/mol. The molecule has 2 rings (SSSR count). The Bertz CT molecular complexity index is 439. The molecule has 4 nitrogen and oxygen atoms in total. The van der Waals surface area contributed by atoms with Gasteiger partial charge in [0.2, 0.25) is 0 Å². The summed E-state index contributed by atoms with van der Waals surface area (Å²) in [4.78, 5) is 14.0. The highest BCUT2D eigenvalue weighted by Crippen LogP contribution is 2.09. The second-order valence-electron chi connectivity index (χ2n) is 4.29. The molecule has 0 bridgehead atoms. The van der Waals surface area contributed by atoms with E-state index in [2.05, 4.69) is 6.07 Å². The number of nitrogens with zero attached hydrogens (tertiary/aromatic N) is 2. The summed E-state index contributed by atoms with van der Waals surface area (Å²) < 4.78 is 5.25. The molecule has 0 aliphatic carbocycles. The number of nitriles is 1. The Kier molecular flexibility index (Phi) is 4.46. The first-order valence-electron chi connectivity index (χ1n) is 6.11. The summed E-state index contributed by atoms with van der Waals surface area (Å²) in [6.45, 7) is 2.42. The van der Waals surface area contributed by atoms with Gasteiger partial charge < -0.3 is 4.74 Å². The number of ketones is 1. The number of morpholine rings is 1. The lowest BCUT2D eigenvalue weighted by atomic mass is 10.1. The van der Waals surface area contributed by atoms with E-state index in [9.17, 15) is 4.79 Å². The van der Waals surface area contributed by atoms with Gasteiger partial charge in [0, 0.05) is 25.1 Å². The molecule has 1 heterocycles. The molecule has 1 aliphatic heterocycles. The number of carbonyl (C=O) groups is 1. The minimum Gasteiger partial charge on any atom is -0.377 e. The van der Waals surface area contributed by atoms with E-state index < -0.39 is 0 Å². The molecular formula is C14H16N2O2. The van der Waals surface area contributed by atoms with E-state index in [0.29, 0.717) is 26.2 Å². The van der Waals surface area contributed by atoms with E-state index in [1.165, 1.54) is 0 Å². The second kappa shape index (κ2) is 6.29. The van der Waals surface area contributed by atoms with Crippen molar-refractivity contribution in [2.75, 3.05) is 26.3 Å². The molecule has 1 saturated heterocycles. The molecule has 0 saturated carbocycles. The minimum absolute atomic E-state index is 0.124. The molecule has 0 radical (unpaired) electrons. The van der Waals surface area contributed by atoms with Gasteiger partial charge in [0.1, 0.15) is 6.04 Å². The largest absolute Gasteiger partial charge is 0.377 e. The summed E-state index contributed by atoms with van der Waals surface area (Å²) in [7, 11) is 0. The van der Waals surface area contributed by atoms with Crippen molar-refractivity contribution in [1.82, 2.24) is 4.90 Å². The maximum absolute atomic E-state index is 11.9. The summed E-state index contributed by atoms with van der Waals surface area (Å²) in [6, 6.07) is 11.2. The quantitative estimate of drug-likeness (QED) is 0.753. The second-order valence-corrected chi connectivity index (χ2v) is 4.29. The summed E-state index contributed by atoms with van der Waals surface area (Å²) >= 11 is 0. The highest BCUT2D eigenvalue weighted by molar-refractivity contribution is 5.96. The molecule has 1 aromatic rings. The third-order valence-electron chi connectivity index (χ3n) is 3.11. The Balaban J connectivity index is 1.88. The number of benzene rings is 1. The first-order chi connectivity index (χ1) is 8.81. The van der Waals surface area contributed by atoms with Gasteiger partial charge in [-0.15, -0.1) is 0 Å². The van der Waals surface area contributed by atoms with Crippen LogP contribution in [0.5, 0.6) is 0 Å². The zero-order valence-electron chi connectivity index (χ0n) is 10.2. The molecule has 1 fully saturated rings. The molecule has 0 aromatic heterocycles. The SMILES string of the molecule is N#CC1COCCN1CCC(=O)c1ccccc1. The van der Waals surface area contributed by atoms with Crippen LogP contribution in [0.4, 0.5) is 0 Å². The summed E-state index contributed by atoms with van der Waals surface area (Å²) in [5, 5.41) is 8.99. The number of Topliss-reactive ketones (excluding diaryl/α,β-unsaturated/α-hetero) is 1. The van der Waals surface area contributed by atoms with E-state index in [1.54, 1.807) is 0 Å². The molecule has 94 valence electrons. The van der Waals surface area contributed by atoms with Crippen molar-refractivity contribution < 1.29 is 9.53 Å². The number of rotatable bonds is 4. The molecule has 4 heteroatoms. The van der Waals surface area contributed by atoms with Crippen molar-refractivity contribution in [2.45, 2.75) is 12.5 Å². The van der Waals surface area contributed by atoms with Gasteiger partial charge in [0.05, 0.1) is 19.3 Å². The lowest BCUT2D eigenvalue weighted by Crippen LogP contribution is -2.45. The zero-order valence-corrected chi connectivity index (χ0v) is 10.2. The highest BCUT2D eigenvalue weighted by atomic mass is 16.5. The van der Waals surface area contributed by atoms with Gasteiger partial charge in [-0.05, 0) is 0 Å². The Morgan fingerprint density at radius 2 is 2.22 bits per heavy atom.